The lowest BCUT2D eigenvalue weighted by Crippen LogP contribution is -2.13. The van der Waals surface area contributed by atoms with Gasteiger partial charge in [0, 0.05) is 10.9 Å². The molecule has 1 heterocycles. The van der Waals surface area contributed by atoms with Crippen LogP contribution in [-0.4, -0.2) is 4.98 Å². The van der Waals surface area contributed by atoms with Crippen LogP contribution in [0.4, 0.5) is 4.39 Å². The van der Waals surface area contributed by atoms with Gasteiger partial charge in [0.25, 0.3) is 0 Å². The van der Waals surface area contributed by atoms with Crippen molar-refractivity contribution in [3.8, 4) is 17.3 Å². The summed E-state index contributed by atoms with van der Waals surface area (Å²) in [4.78, 5) is 4.45. The van der Waals surface area contributed by atoms with Crippen molar-refractivity contribution >= 4 is 27.3 Å². The maximum atomic E-state index is 13.2. The number of rotatable bonds is 2. The average Bonchev–Trinajstić information content (AvgIpc) is 2.83. The highest BCUT2D eigenvalue weighted by atomic mass is 79.9. The summed E-state index contributed by atoms with van der Waals surface area (Å²) in [5.74, 6) is -0.299. The molecule has 0 aliphatic rings. The van der Waals surface area contributed by atoms with Gasteiger partial charge in [0.15, 0.2) is 0 Å². The molecule has 0 amide bonds. The van der Waals surface area contributed by atoms with E-state index in [2.05, 4.69) is 27.0 Å². The van der Waals surface area contributed by atoms with E-state index in [1.165, 1.54) is 17.4 Å². The first-order valence-electron chi connectivity index (χ1n) is 5.27. The second kappa shape index (κ2) is 4.79. The molecule has 0 saturated heterocycles. The van der Waals surface area contributed by atoms with Crippen molar-refractivity contribution in [3.63, 3.8) is 0 Å². The summed E-state index contributed by atoms with van der Waals surface area (Å²) < 4.78 is 13.6. The fraction of sp³-hybridized carbons (Fsp3) is 0.231. The number of hydrogen-bond donors (Lipinski definition) is 0. The van der Waals surface area contributed by atoms with Crippen molar-refractivity contribution in [2.45, 2.75) is 19.3 Å². The van der Waals surface area contributed by atoms with Gasteiger partial charge in [0.2, 0.25) is 0 Å². The molecule has 0 aliphatic heterocycles. The van der Waals surface area contributed by atoms with Gasteiger partial charge in [-0.2, -0.15) is 5.26 Å². The van der Waals surface area contributed by atoms with Gasteiger partial charge in [0.05, 0.1) is 16.2 Å². The minimum Gasteiger partial charge on any atom is -0.240 e. The Morgan fingerprint density at radius 3 is 2.78 bits per heavy atom. The van der Waals surface area contributed by atoms with Gasteiger partial charge in [-0.15, -0.1) is 11.3 Å². The molecule has 0 radical (unpaired) electrons. The number of benzene rings is 1. The third-order valence-corrected chi connectivity index (χ3v) is 4.31. The first kappa shape index (κ1) is 13.2. The van der Waals surface area contributed by atoms with Crippen molar-refractivity contribution < 1.29 is 4.39 Å². The Morgan fingerprint density at radius 1 is 1.44 bits per heavy atom. The Hall–Kier alpha value is -1.25. The van der Waals surface area contributed by atoms with E-state index in [0.717, 1.165) is 16.3 Å². The van der Waals surface area contributed by atoms with Crippen LogP contribution in [0.1, 0.15) is 18.9 Å². The fourth-order valence-electron chi connectivity index (χ4n) is 1.40. The van der Waals surface area contributed by atoms with E-state index >= 15 is 0 Å². The topological polar surface area (TPSA) is 36.7 Å². The Bertz CT molecular complexity index is 628. The SMILES string of the molecule is CC(C)(C#N)c1nc(-c2ccc(F)c(Br)c2)cs1. The zero-order valence-electron chi connectivity index (χ0n) is 9.87. The van der Waals surface area contributed by atoms with Crippen LogP contribution in [0.15, 0.2) is 28.1 Å². The van der Waals surface area contributed by atoms with Crippen LogP contribution in [-0.2, 0) is 5.41 Å². The first-order chi connectivity index (χ1) is 8.44. The summed E-state index contributed by atoms with van der Waals surface area (Å²) in [7, 11) is 0. The molecule has 5 heteroatoms. The normalized spacial score (nSPS) is 11.3. The smallest absolute Gasteiger partial charge is 0.137 e. The van der Waals surface area contributed by atoms with Crippen LogP contribution >= 0.6 is 27.3 Å². The highest BCUT2D eigenvalue weighted by Crippen LogP contribution is 2.31. The predicted molar refractivity (Wildman–Crippen MR) is 73.8 cm³/mol. The summed E-state index contributed by atoms with van der Waals surface area (Å²) in [6.07, 6.45) is 0. The minimum atomic E-state index is -0.597. The Labute approximate surface area is 117 Å². The lowest BCUT2D eigenvalue weighted by molar-refractivity contribution is 0.621. The maximum Gasteiger partial charge on any atom is 0.137 e. The van der Waals surface area contributed by atoms with E-state index in [0.29, 0.717) is 4.47 Å². The molecule has 1 aromatic heterocycles. The first-order valence-corrected chi connectivity index (χ1v) is 6.94. The standard InChI is InChI=1S/C13H10BrFN2S/c1-13(2,7-16)12-17-11(6-18-12)8-3-4-10(15)9(14)5-8/h3-6H,1-2H3. The van der Waals surface area contributed by atoms with Crippen molar-refractivity contribution in [2.24, 2.45) is 0 Å². The monoisotopic (exact) mass is 324 g/mol. The summed E-state index contributed by atoms with van der Waals surface area (Å²) in [6.45, 7) is 3.66. The summed E-state index contributed by atoms with van der Waals surface area (Å²) in [6, 6.07) is 6.99. The van der Waals surface area contributed by atoms with Crippen LogP contribution in [0.3, 0.4) is 0 Å². The van der Waals surface area contributed by atoms with Gasteiger partial charge in [-0.25, -0.2) is 9.37 Å². The van der Waals surface area contributed by atoms with Crippen LogP contribution in [0.25, 0.3) is 11.3 Å². The highest BCUT2D eigenvalue weighted by molar-refractivity contribution is 9.10. The number of thiazole rings is 1. The quantitative estimate of drug-likeness (QED) is 0.814. The molecule has 92 valence electrons. The van der Waals surface area contributed by atoms with Gasteiger partial charge in [-0.1, -0.05) is 0 Å². The molecule has 0 fully saturated rings. The van der Waals surface area contributed by atoms with Crippen LogP contribution in [0.5, 0.6) is 0 Å². The third kappa shape index (κ3) is 2.45. The van der Waals surface area contributed by atoms with Crippen molar-refractivity contribution in [2.75, 3.05) is 0 Å². The van der Waals surface area contributed by atoms with Crippen molar-refractivity contribution in [3.05, 3.63) is 38.9 Å². The molecule has 1 aromatic carbocycles. The Balaban J connectivity index is 2.42. The molecule has 0 unspecified atom stereocenters. The molecule has 2 rings (SSSR count). The number of hydrogen-bond acceptors (Lipinski definition) is 3. The Morgan fingerprint density at radius 2 is 2.17 bits per heavy atom. The van der Waals surface area contributed by atoms with Gasteiger partial charge < -0.3 is 0 Å². The molecule has 2 nitrogen and oxygen atoms in total. The summed E-state index contributed by atoms with van der Waals surface area (Å²) in [5.41, 5.74) is 0.999. The molecule has 0 atom stereocenters. The van der Waals surface area contributed by atoms with Crippen LogP contribution < -0.4 is 0 Å². The van der Waals surface area contributed by atoms with E-state index < -0.39 is 5.41 Å². The van der Waals surface area contributed by atoms with Crippen molar-refractivity contribution in [1.82, 2.24) is 4.98 Å². The molecular formula is C13H10BrFN2S. The average molecular weight is 325 g/mol. The van der Waals surface area contributed by atoms with Crippen LogP contribution in [0, 0.1) is 17.1 Å². The second-order valence-electron chi connectivity index (χ2n) is 4.40. The van der Waals surface area contributed by atoms with E-state index in [4.69, 9.17) is 5.26 Å². The van der Waals surface area contributed by atoms with Crippen LogP contribution in [0.2, 0.25) is 0 Å². The Kier molecular flexibility index (Phi) is 3.51. The van der Waals surface area contributed by atoms with E-state index in [9.17, 15) is 4.39 Å². The second-order valence-corrected chi connectivity index (χ2v) is 6.12. The predicted octanol–water partition coefficient (Wildman–Crippen LogP) is 4.51. The number of aromatic nitrogens is 1. The molecule has 2 aromatic rings. The maximum absolute atomic E-state index is 13.2. The molecule has 0 aliphatic carbocycles. The van der Waals surface area contributed by atoms with Gasteiger partial charge in [0.1, 0.15) is 16.2 Å². The third-order valence-electron chi connectivity index (χ3n) is 2.53. The summed E-state index contributed by atoms with van der Waals surface area (Å²) >= 11 is 4.59. The zero-order chi connectivity index (χ0) is 13.3. The molecule has 0 spiro atoms. The minimum absolute atomic E-state index is 0.299. The molecule has 0 saturated carbocycles. The number of halogens is 2. The number of nitriles is 1. The van der Waals surface area contributed by atoms with E-state index in [1.54, 1.807) is 12.1 Å². The van der Waals surface area contributed by atoms with Gasteiger partial charge in [-0.05, 0) is 48.0 Å². The molecule has 0 N–H and O–H groups in total. The lowest BCUT2D eigenvalue weighted by Gasteiger charge is -2.10. The van der Waals surface area contributed by atoms with E-state index in [1.807, 2.05) is 19.2 Å². The largest absolute Gasteiger partial charge is 0.240 e. The van der Waals surface area contributed by atoms with Gasteiger partial charge >= 0.3 is 0 Å². The zero-order valence-corrected chi connectivity index (χ0v) is 12.3. The summed E-state index contributed by atoms with van der Waals surface area (Å²) in [5, 5.41) is 11.7. The molecule has 0 bridgehead atoms. The lowest BCUT2D eigenvalue weighted by atomic mass is 9.97. The number of nitrogens with zero attached hydrogens (tertiary/aromatic N) is 2. The molecule has 18 heavy (non-hydrogen) atoms. The molecular weight excluding hydrogens is 315 g/mol. The fourth-order valence-corrected chi connectivity index (χ4v) is 2.68. The van der Waals surface area contributed by atoms with E-state index in [-0.39, 0.29) is 5.82 Å². The van der Waals surface area contributed by atoms with Gasteiger partial charge in [-0.3, -0.25) is 0 Å². The highest BCUT2D eigenvalue weighted by Gasteiger charge is 2.24. The van der Waals surface area contributed by atoms with Crippen molar-refractivity contribution in [1.29, 1.82) is 5.26 Å².